The van der Waals surface area contributed by atoms with Crippen molar-refractivity contribution >= 4 is 12.1 Å². The highest BCUT2D eigenvalue weighted by Gasteiger charge is 2.30. The summed E-state index contributed by atoms with van der Waals surface area (Å²) in [4.78, 5) is 39.6. The quantitative estimate of drug-likeness (QED) is 0.664. The van der Waals surface area contributed by atoms with Crippen LogP contribution in [0.2, 0.25) is 0 Å². The normalized spacial score (nSPS) is 14.9. The number of rotatable bonds is 3. The van der Waals surface area contributed by atoms with Crippen LogP contribution in [-0.2, 0) is 9.47 Å². The van der Waals surface area contributed by atoms with Gasteiger partial charge in [-0.3, -0.25) is 9.36 Å². The van der Waals surface area contributed by atoms with Crippen LogP contribution in [0.1, 0.15) is 61.0 Å². The summed E-state index contributed by atoms with van der Waals surface area (Å²) in [6, 6.07) is 5.50. The number of carbonyl (C=O) groups excluding carboxylic acids is 2. The summed E-state index contributed by atoms with van der Waals surface area (Å²) in [5.41, 5.74) is 0.729. The Bertz CT molecular complexity index is 1060. The predicted molar refractivity (Wildman–Crippen MR) is 118 cm³/mol. The van der Waals surface area contributed by atoms with Crippen LogP contribution in [0, 0.1) is 12.7 Å². The van der Waals surface area contributed by atoms with Gasteiger partial charge in [-0.15, -0.1) is 0 Å². The molecule has 0 N–H and O–H groups in total. The Morgan fingerprint density at radius 3 is 2.22 bits per heavy atom. The molecule has 1 saturated heterocycles. The van der Waals surface area contributed by atoms with Gasteiger partial charge in [0.1, 0.15) is 17.0 Å². The molecule has 1 amide bonds. The average molecular weight is 445 g/mol. The molecule has 2 heterocycles. The molecule has 1 aromatic carbocycles. The lowest BCUT2D eigenvalue weighted by Gasteiger charge is -2.34. The second-order valence-corrected chi connectivity index (χ2v) is 8.97. The van der Waals surface area contributed by atoms with Crippen molar-refractivity contribution in [2.24, 2.45) is 0 Å². The van der Waals surface area contributed by atoms with Crippen LogP contribution in [0.25, 0.3) is 5.69 Å². The molecular formula is C24H29FN2O5. The molecule has 3 rings (SSSR count). The molecule has 1 aliphatic heterocycles. The number of amides is 1. The van der Waals surface area contributed by atoms with E-state index in [1.165, 1.54) is 35.9 Å². The van der Waals surface area contributed by atoms with Crippen molar-refractivity contribution < 1.29 is 23.5 Å². The van der Waals surface area contributed by atoms with Crippen LogP contribution in [-0.4, -0.2) is 47.3 Å². The fourth-order valence-corrected chi connectivity index (χ4v) is 3.97. The molecule has 0 spiro atoms. The molecule has 7 nitrogen and oxygen atoms in total. The van der Waals surface area contributed by atoms with E-state index in [0.29, 0.717) is 37.2 Å². The van der Waals surface area contributed by atoms with E-state index in [1.807, 2.05) is 20.8 Å². The van der Waals surface area contributed by atoms with Crippen molar-refractivity contribution in [2.75, 3.05) is 20.2 Å². The Morgan fingerprint density at radius 2 is 1.69 bits per heavy atom. The van der Waals surface area contributed by atoms with Gasteiger partial charge in [0, 0.05) is 25.0 Å². The summed E-state index contributed by atoms with van der Waals surface area (Å²) in [5.74, 6) is -1.10. The van der Waals surface area contributed by atoms with Crippen molar-refractivity contribution in [1.29, 1.82) is 0 Å². The molecule has 2 aromatic rings. The van der Waals surface area contributed by atoms with Crippen LogP contribution in [0.3, 0.4) is 0 Å². The molecule has 0 aliphatic carbocycles. The van der Waals surface area contributed by atoms with Crippen LogP contribution in [0.5, 0.6) is 0 Å². The topological polar surface area (TPSA) is 77.8 Å². The first-order valence-corrected chi connectivity index (χ1v) is 10.6. The minimum Gasteiger partial charge on any atom is -0.465 e. The standard InChI is InChI=1S/C24H29FN2O5/c1-15-19(16-10-12-26(13-11-16)23(30)32-24(2,3)4)14-27(18-8-6-17(25)7-9-18)21(28)20(15)22(29)31-5/h6-9,14,16H,10-13H2,1-5H3. The van der Waals surface area contributed by atoms with Gasteiger partial charge in [-0.05, 0) is 81.8 Å². The van der Waals surface area contributed by atoms with Gasteiger partial charge in [0.25, 0.3) is 5.56 Å². The number of pyridine rings is 1. The third-order valence-corrected chi connectivity index (χ3v) is 5.59. The molecule has 0 radical (unpaired) electrons. The number of aromatic nitrogens is 1. The van der Waals surface area contributed by atoms with Crippen molar-refractivity contribution in [2.45, 2.75) is 52.1 Å². The number of nitrogens with zero attached hydrogens (tertiary/aromatic N) is 2. The number of hydrogen-bond acceptors (Lipinski definition) is 5. The summed E-state index contributed by atoms with van der Waals surface area (Å²) in [7, 11) is 1.23. The lowest BCUT2D eigenvalue weighted by Crippen LogP contribution is -2.41. The van der Waals surface area contributed by atoms with Crippen LogP contribution in [0.4, 0.5) is 9.18 Å². The third-order valence-electron chi connectivity index (χ3n) is 5.59. The van der Waals surface area contributed by atoms with Gasteiger partial charge in [-0.1, -0.05) is 0 Å². The van der Waals surface area contributed by atoms with Crippen LogP contribution < -0.4 is 5.56 Å². The number of carbonyl (C=O) groups is 2. The SMILES string of the molecule is COC(=O)c1c(C)c(C2CCN(C(=O)OC(C)(C)C)CC2)cn(-c2ccc(F)cc2)c1=O. The second-order valence-electron chi connectivity index (χ2n) is 8.97. The van der Waals surface area contributed by atoms with Crippen molar-refractivity contribution in [3.8, 4) is 5.69 Å². The van der Waals surface area contributed by atoms with Gasteiger partial charge < -0.3 is 14.4 Å². The summed E-state index contributed by atoms with van der Waals surface area (Å²) in [6.07, 6.45) is 2.68. The first kappa shape index (κ1) is 23.5. The van der Waals surface area contributed by atoms with E-state index in [9.17, 15) is 18.8 Å². The highest BCUT2D eigenvalue weighted by Crippen LogP contribution is 2.32. The first-order chi connectivity index (χ1) is 15.0. The van der Waals surface area contributed by atoms with Gasteiger partial charge >= 0.3 is 12.1 Å². The molecule has 1 aliphatic rings. The fourth-order valence-electron chi connectivity index (χ4n) is 3.97. The van der Waals surface area contributed by atoms with E-state index in [0.717, 1.165) is 5.56 Å². The Labute approximate surface area is 186 Å². The maximum atomic E-state index is 13.4. The van der Waals surface area contributed by atoms with Crippen molar-refractivity contribution in [3.05, 3.63) is 63.3 Å². The lowest BCUT2D eigenvalue weighted by molar-refractivity contribution is 0.0204. The Balaban J connectivity index is 1.95. The third kappa shape index (κ3) is 5.00. The smallest absolute Gasteiger partial charge is 0.410 e. The molecule has 1 fully saturated rings. The molecule has 32 heavy (non-hydrogen) atoms. The number of methoxy groups -OCH3 is 1. The number of ether oxygens (including phenoxy) is 2. The monoisotopic (exact) mass is 444 g/mol. The van der Waals surface area contributed by atoms with E-state index in [1.54, 1.807) is 18.0 Å². The Hall–Kier alpha value is -3.16. The minimum atomic E-state index is -0.712. The van der Waals surface area contributed by atoms with E-state index in [2.05, 4.69) is 0 Å². The summed E-state index contributed by atoms with van der Waals surface area (Å²) in [6.45, 7) is 8.22. The molecular weight excluding hydrogens is 415 g/mol. The molecule has 1 aromatic heterocycles. The number of piperidine rings is 1. The molecule has 8 heteroatoms. The predicted octanol–water partition coefficient (Wildman–Crippen LogP) is 4.19. The number of halogens is 1. The van der Waals surface area contributed by atoms with Gasteiger partial charge in [-0.2, -0.15) is 0 Å². The molecule has 0 unspecified atom stereocenters. The van der Waals surface area contributed by atoms with E-state index in [-0.39, 0.29) is 17.6 Å². The van der Waals surface area contributed by atoms with Crippen molar-refractivity contribution in [1.82, 2.24) is 9.47 Å². The molecule has 172 valence electrons. The lowest BCUT2D eigenvalue weighted by atomic mass is 9.86. The summed E-state index contributed by atoms with van der Waals surface area (Å²) in [5, 5.41) is 0. The molecule has 0 saturated carbocycles. The average Bonchev–Trinajstić information content (AvgIpc) is 2.73. The highest BCUT2D eigenvalue weighted by atomic mass is 19.1. The molecule has 0 bridgehead atoms. The molecule has 0 atom stereocenters. The Kier molecular flexibility index (Phi) is 6.71. The first-order valence-electron chi connectivity index (χ1n) is 10.6. The minimum absolute atomic E-state index is 0.0318. The fraction of sp³-hybridized carbons (Fsp3) is 0.458. The van der Waals surface area contributed by atoms with Gasteiger partial charge in [0.15, 0.2) is 0 Å². The van der Waals surface area contributed by atoms with Crippen LogP contribution in [0.15, 0.2) is 35.3 Å². The zero-order valence-corrected chi connectivity index (χ0v) is 19.1. The summed E-state index contributed by atoms with van der Waals surface area (Å²) < 4.78 is 25.1. The Morgan fingerprint density at radius 1 is 1.09 bits per heavy atom. The zero-order chi connectivity index (χ0) is 23.6. The second kappa shape index (κ2) is 9.14. The highest BCUT2D eigenvalue weighted by molar-refractivity contribution is 5.91. The zero-order valence-electron chi connectivity index (χ0n) is 19.1. The number of benzene rings is 1. The number of likely N-dealkylation sites (tertiary alicyclic amines) is 1. The number of hydrogen-bond donors (Lipinski definition) is 0. The van der Waals surface area contributed by atoms with Crippen LogP contribution >= 0.6 is 0 Å². The number of esters is 1. The maximum absolute atomic E-state index is 13.4. The van der Waals surface area contributed by atoms with Gasteiger partial charge in [0.05, 0.1) is 7.11 Å². The van der Waals surface area contributed by atoms with Gasteiger partial charge in [-0.25, -0.2) is 14.0 Å². The van der Waals surface area contributed by atoms with E-state index >= 15 is 0 Å². The maximum Gasteiger partial charge on any atom is 0.410 e. The largest absolute Gasteiger partial charge is 0.465 e. The summed E-state index contributed by atoms with van der Waals surface area (Å²) >= 11 is 0. The van der Waals surface area contributed by atoms with E-state index in [4.69, 9.17) is 9.47 Å². The van der Waals surface area contributed by atoms with E-state index < -0.39 is 22.9 Å². The van der Waals surface area contributed by atoms with Gasteiger partial charge in [0.2, 0.25) is 0 Å². The van der Waals surface area contributed by atoms with Crippen molar-refractivity contribution in [3.63, 3.8) is 0 Å².